The molecule has 4 atom stereocenters. The van der Waals surface area contributed by atoms with E-state index in [0.717, 1.165) is 11.3 Å². The van der Waals surface area contributed by atoms with E-state index in [1.165, 1.54) is 17.5 Å². The lowest BCUT2D eigenvalue weighted by molar-refractivity contribution is -0.136. The zero-order valence-corrected chi connectivity index (χ0v) is 26.7. The Labute approximate surface area is 250 Å². The molecule has 3 aromatic rings. The van der Waals surface area contributed by atoms with Crippen LogP contribution in [-0.4, -0.2) is 52.3 Å². The topological polar surface area (TPSA) is 54.0 Å². The summed E-state index contributed by atoms with van der Waals surface area (Å²) in [6, 6.07) is 31.3. The Morgan fingerprint density at radius 1 is 0.902 bits per heavy atom. The molecule has 1 heterocycles. The van der Waals surface area contributed by atoms with Crippen LogP contribution in [0.2, 0.25) is 5.04 Å². The number of esters is 1. The third kappa shape index (κ3) is 7.40. The van der Waals surface area contributed by atoms with E-state index in [1.807, 2.05) is 36.4 Å². The maximum absolute atomic E-state index is 12.7. The summed E-state index contributed by atoms with van der Waals surface area (Å²) >= 11 is 1.69. The van der Waals surface area contributed by atoms with Gasteiger partial charge in [0.25, 0.3) is 8.32 Å². The lowest BCUT2D eigenvalue weighted by Gasteiger charge is -2.47. The predicted octanol–water partition coefficient (Wildman–Crippen LogP) is 6.36. The van der Waals surface area contributed by atoms with Crippen LogP contribution in [0.5, 0.6) is 0 Å². The second kappa shape index (κ2) is 14.0. The van der Waals surface area contributed by atoms with Gasteiger partial charge in [0.2, 0.25) is 0 Å². The molecule has 0 amide bonds. The Morgan fingerprint density at radius 2 is 1.44 bits per heavy atom. The van der Waals surface area contributed by atoms with Crippen molar-refractivity contribution in [3.63, 3.8) is 0 Å². The van der Waals surface area contributed by atoms with Gasteiger partial charge in [-0.3, -0.25) is 0 Å². The van der Waals surface area contributed by atoms with E-state index < -0.39 is 14.4 Å². The summed E-state index contributed by atoms with van der Waals surface area (Å²) in [6.07, 6.45) is 2.45. The molecule has 0 unspecified atom stereocenters. The van der Waals surface area contributed by atoms with Crippen molar-refractivity contribution in [2.75, 3.05) is 14.2 Å². The fourth-order valence-electron chi connectivity index (χ4n) is 5.59. The summed E-state index contributed by atoms with van der Waals surface area (Å²) in [5, 5.41) is 2.10. The molecule has 0 aliphatic carbocycles. The molecule has 41 heavy (non-hydrogen) atoms. The van der Waals surface area contributed by atoms with E-state index in [-0.39, 0.29) is 28.7 Å². The highest BCUT2D eigenvalue weighted by Gasteiger charge is 2.52. The first kappa shape index (κ1) is 31.3. The summed E-state index contributed by atoms with van der Waals surface area (Å²) < 4.78 is 25.4. The quantitative estimate of drug-likeness (QED) is 0.156. The van der Waals surface area contributed by atoms with E-state index in [9.17, 15) is 4.79 Å². The van der Waals surface area contributed by atoms with Gasteiger partial charge in [0.1, 0.15) is 5.44 Å². The van der Waals surface area contributed by atoms with E-state index in [1.54, 1.807) is 25.8 Å². The normalized spacial score (nSPS) is 20.8. The lowest BCUT2D eigenvalue weighted by atomic mass is 10.00. The van der Waals surface area contributed by atoms with Crippen molar-refractivity contribution in [1.29, 1.82) is 0 Å². The van der Waals surface area contributed by atoms with Crippen LogP contribution in [0.3, 0.4) is 0 Å². The highest BCUT2D eigenvalue weighted by atomic mass is 32.2. The Hall–Kier alpha value is -2.68. The number of rotatable bonds is 10. The van der Waals surface area contributed by atoms with Gasteiger partial charge in [-0.05, 0) is 40.5 Å². The number of benzene rings is 3. The largest absolute Gasteiger partial charge is 0.466 e. The molecular formula is C34H42O5SSi. The zero-order valence-electron chi connectivity index (χ0n) is 24.9. The van der Waals surface area contributed by atoms with Gasteiger partial charge in [-0.25, -0.2) is 4.79 Å². The van der Waals surface area contributed by atoms with Crippen molar-refractivity contribution in [2.24, 2.45) is 0 Å². The van der Waals surface area contributed by atoms with Gasteiger partial charge in [0.05, 0.1) is 25.4 Å². The zero-order chi connectivity index (χ0) is 29.5. The Morgan fingerprint density at radius 3 is 1.93 bits per heavy atom. The van der Waals surface area contributed by atoms with Crippen molar-refractivity contribution in [3.05, 3.63) is 103 Å². The molecule has 0 saturated carbocycles. The van der Waals surface area contributed by atoms with Crippen molar-refractivity contribution in [2.45, 2.75) is 74.2 Å². The van der Waals surface area contributed by atoms with Gasteiger partial charge in [0.15, 0.2) is 0 Å². The van der Waals surface area contributed by atoms with E-state index in [0.29, 0.717) is 12.0 Å². The summed E-state index contributed by atoms with van der Waals surface area (Å²) in [4.78, 5) is 13.8. The fraction of sp³-hybridized carbons (Fsp3) is 0.382. The third-order valence-electron chi connectivity index (χ3n) is 7.64. The summed E-state index contributed by atoms with van der Waals surface area (Å²) in [7, 11) is 0.199. The molecule has 0 radical (unpaired) electrons. The van der Waals surface area contributed by atoms with Crippen LogP contribution >= 0.6 is 11.8 Å². The van der Waals surface area contributed by atoms with Gasteiger partial charge in [-0.1, -0.05) is 111 Å². The first-order chi connectivity index (χ1) is 19.7. The molecule has 1 aliphatic rings. The molecule has 0 N–H and O–H groups in total. The highest BCUT2D eigenvalue weighted by molar-refractivity contribution is 7.99. The maximum Gasteiger partial charge on any atom is 0.333 e. The van der Waals surface area contributed by atoms with Gasteiger partial charge in [0, 0.05) is 30.4 Å². The average Bonchev–Trinajstić information content (AvgIpc) is 2.99. The summed E-state index contributed by atoms with van der Waals surface area (Å²) in [5.41, 5.74) is 0.365. The molecule has 0 aromatic heterocycles. The number of hydrogen-bond donors (Lipinski definition) is 0. The smallest absolute Gasteiger partial charge is 0.333 e. The van der Waals surface area contributed by atoms with Gasteiger partial charge >= 0.3 is 5.97 Å². The third-order valence-corrected chi connectivity index (χ3v) is 13.8. The first-order valence-electron chi connectivity index (χ1n) is 14.1. The number of carbonyl (C=O) groups is 1. The highest BCUT2D eigenvalue weighted by Crippen LogP contribution is 2.41. The van der Waals surface area contributed by atoms with Crippen molar-refractivity contribution in [3.8, 4) is 0 Å². The van der Waals surface area contributed by atoms with Crippen LogP contribution in [-0.2, 0) is 23.4 Å². The van der Waals surface area contributed by atoms with Crippen molar-refractivity contribution < 1.29 is 23.4 Å². The van der Waals surface area contributed by atoms with Crippen LogP contribution in [0.1, 0.15) is 40.5 Å². The molecule has 4 rings (SSSR count). The molecule has 1 aliphatic heterocycles. The minimum atomic E-state index is -2.96. The van der Waals surface area contributed by atoms with Gasteiger partial charge in [-0.15, -0.1) is 0 Å². The fourth-order valence-corrected chi connectivity index (χ4v) is 11.4. The number of ether oxygens (including phenoxy) is 3. The SMILES string of the molecule is COC(=O)/C(C)=C/[C@@H](O[Si](c1ccccc1)(c1ccccc1)C(C)(C)C)[C@H]1C[C@@H](OC)C[C@H](Sc2ccccc2)O1. The molecule has 218 valence electrons. The second-order valence-corrected chi connectivity index (χ2v) is 16.9. The van der Waals surface area contributed by atoms with Crippen LogP contribution in [0, 0.1) is 0 Å². The van der Waals surface area contributed by atoms with Gasteiger partial charge in [-0.2, -0.15) is 0 Å². The van der Waals surface area contributed by atoms with Crippen LogP contribution < -0.4 is 10.4 Å². The Balaban J connectivity index is 1.83. The van der Waals surface area contributed by atoms with Crippen LogP contribution in [0.15, 0.2) is 108 Å². The summed E-state index contributed by atoms with van der Waals surface area (Å²) in [6.45, 7) is 8.53. The van der Waals surface area contributed by atoms with Crippen molar-refractivity contribution >= 4 is 36.4 Å². The van der Waals surface area contributed by atoms with Crippen molar-refractivity contribution in [1.82, 2.24) is 0 Å². The second-order valence-electron chi connectivity index (χ2n) is 11.5. The molecule has 0 bridgehead atoms. The van der Waals surface area contributed by atoms with Gasteiger partial charge < -0.3 is 18.6 Å². The van der Waals surface area contributed by atoms with E-state index in [2.05, 4.69) is 81.4 Å². The molecule has 5 nitrogen and oxygen atoms in total. The molecule has 1 fully saturated rings. The number of methoxy groups -OCH3 is 2. The molecule has 7 heteroatoms. The minimum Gasteiger partial charge on any atom is -0.466 e. The molecular weight excluding hydrogens is 549 g/mol. The average molecular weight is 591 g/mol. The van der Waals surface area contributed by atoms with E-state index in [4.69, 9.17) is 18.6 Å². The molecule has 3 aromatic carbocycles. The molecule has 0 spiro atoms. The van der Waals surface area contributed by atoms with Crippen LogP contribution in [0.4, 0.5) is 0 Å². The van der Waals surface area contributed by atoms with E-state index >= 15 is 0 Å². The number of carbonyl (C=O) groups excluding carboxylic acids is 1. The Bertz CT molecular complexity index is 1240. The molecule has 1 saturated heterocycles. The predicted molar refractivity (Wildman–Crippen MR) is 169 cm³/mol. The minimum absolute atomic E-state index is 0.00736. The summed E-state index contributed by atoms with van der Waals surface area (Å²) in [5.74, 6) is -0.379. The monoisotopic (exact) mass is 590 g/mol. The standard InChI is InChI=1S/C34H42O5SSi/c1-25(33(35)37-6)22-31(30-23-26(36-5)24-32(38-30)40-27-16-10-7-11-17-27)39-41(34(2,3)4,28-18-12-8-13-19-28)29-20-14-9-15-21-29/h7-22,26,30-32H,23-24H2,1-6H3/b25-22+/t26-,30-,31-,32+/m1/s1. The number of thioether (sulfide) groups is 1. The Kier molecular flexibility index (Phi) is 10.7. The lowest BCUT2D eigenvalue weighted by Crippen LogP contribution is -2.68. The number of hydrogen-bond acceptors (Lipinski definition) is 6. The maximum atomic E-state index is 12.7. The van der Waals surface area contributed by atoms with Crippen LogP contribution in [0.25, 0.3) is 0 Å². The first-order valence-corrected chi connectivity index (χ1v) is 16.9.